The van der Waals surface area contributed by atoms with E-state index in [1.54, 1.807) is 18.2 Å². The Bertz CT molecular complexity index is 621. The van der Waals surface area contributed by atoms with Crippen molar-refractivity contribution in [2.75, 3.05) is 5.32 Å². The summed E-state index contributed by atoms with van der Waals surface area (Å²) < 4.78 is 13.6. The van der Waals surface area contributed by atoms with Gasteiger partial charge in [-0.05, 0) is 39.7 Å². The maximum absolute atomic E-state index is 13.0. The second kappa shape index (κ2) is 6.12. The number of nitrogens with zero attached hydrogens (tertiary/aromatic N) is 1. The van der Waals surface area contributed by atoms with Crippen LogP contribution in [-0.2, 0) is 11.2 Å². The Morgan fingerprint density at radius 2 is 2.21 bits per heavy atom. The van der Waals surface area contributed by atoms with Crippen molar-refractivity contribution < 1.29 is 9.18 Å². The fraction of sp³-hybridized carbons (Fsp3) is 0.0769. The Labute approximate surface area is 122 Å². The third-order valence-corrected chi connectivity index (χ3v) is 3.52. The number of hydrogen-bond donors (Lipinski definition) is 1. The number of carbonyl (C=O) groups is 1. The molecule has 3 nitrogen and oxygen atoms in total. The highest BCUT2D eigenvalue weighted by Crippen LogP contribution is 2.23. The van der Waals surface area contributed by atoms with Gasteiger partial charge >= 0.3 is 0 Å². The van der Waals surface area contributed by atoms with Crippen LogP contribution in [0.25, 0.3) is 0 Å². The van der Waals surface area contributed by atoms with Gasteiger partial charge in [0, 0.05) is 10.7 Å². The number of pyridine rings is 1. The van der Waals surface area contributed by atoms with E-state index in [-0.39, 0.29) is 18.1 Å². The van der Waals surface area contributed by atoms with Crippen LogP contribution in [0, 0.1) is 5.82 Å². The molecule has 2 aromatic rings. The number of aromatic nitrogens is 1. The van der Waals surface area contributed by atoms with Gasteiger partial charge in [0.25, 0.3) is 0 Å². The molecule has 1 N–H and O–H groups in total. The van der Waals surface area contributed by atoms with E-state index in [9.17, 15) is 9.18 Å². The van der Waals surface area contributed by atoms with Crippen molar-refractivity contribution in [1.82, 2.24) is 4.98 Å². The van der Waals surface area contributed by atoms with Crippen LogP contribution < -0.4 is 5.32 Å². The van der Waals surface area contributed by atoms with Crippen LogP contribution in [0.4, 0.5) is 10.2 Å². The number of hydrogen-bond acceptors (Lipinski definition) is 2. The van der Waals surface area contributed by atoms with Crippen LogP contribution in [0.1, 0.15) is 5.56 Å². The van der Waals surface area contributed by atoms with Crippen molar-refractivity contribution >= 4 is 39.3 Å². The van der Waals surface area contributed by atoms with Gasteiger partial charge in [-0.15, -0.1) is 0 Å². The summed E-state index contributed by atoms with van der Waals surface area (Å²) in [4.78, 5) is 15.7. The third kappa shape index (κ3) is 4.01. The van der Waals surface area contributed by atoms with E-state index < -0.39 is 0 Å². The largest absolute Gasteiger partial charge is 0.310 e. The molecule has 0 aliphatic carbocycles. The molecule has 0 saturated carbocycles. The quantitative estimate of drug-likeness (QED) is 0.920. The summed E-state index contributed by atoms with van der Waals surface area (Å²) in [5, 5.41) is 3.08. The van der Waals surface area contributed by atoms with E-state index >= 15 is 0 Å². The molecule has 1 heterocycles. The van der Waals surface area contributed by atoms with Gasteiger partial charge in [-0.3, -0.25) is 4.79 Å². The summed E-state index contributed by atoms with van der Waals surface area (Å²) in [6.45, 7) is 0. The second-order valence-electron chi connectivity index (χ2n) is 3.84. The Hall–Kier alpha value is -1.46. The molecule has 98 valence electrons. The molecule has 0 atom stereocenters. The summed E-state index contributed by atoms with van der Waals surface area (Å²) in [5.74, 6) is -0.248. The first-order valence-corrected chi connectivity index (χ1v) is 6.57. The predicted octanol–water partition coefficient (Wildman–Crippen LogP) is 3.82. The first-order chi connectivity index (χ1) is 9.04. The molecule has 2 rings (SSSR count). The molecule has 0 aliphatic rings. The first kappa shape index (κ1) is 14.0. The number of rotatable bonds is 3. The van der Waals surface area contributed by atoms with E-state index in [0.29, 0.717) is 20.9 Å². The molecular formula is C13H9BrClFN2O. The van der Waals surface area contributed by atoms with E-state index in [4.69, 9.17) is 11.6 Å². The zero-order chi connectivity index (χ0) is 13.8. The Balaban J connectivity index is 2.03. The van der Waals surface area contributed by atoms with E-state index in [1.165, 1.54) is 18.3 Å². The lowest BCUT2D eigenvalue weighted by molar-refractivity contribution is -0.115. The summed E-state index contributed by atoms with van der Waals surface area (Å²) in [5.41, 5.74) is 0.602. The third-order valence-electron chi connectivity index (χ3n) is 2.33. The molecule has 0 bridgehead atoms. The minimum atomic E-state index is -0.363. The van der Waals surface area contributed by atoms with Crippen molar-refractivity contribution in [3.63, 3.8) is 0 Å². The summed E-state index contributed by atoms with van der Waals surface area (Å²) >= 11 is 9.04. The van der Waals surface area contributed by atoms with Crippen molar-refractivity contribution in [2.45, 2.75) is 6.42 Å². The average Bonchev–Trinajstić information content (AvgIpc) is 2.34. The maximum Gasteiger partial charge on any atom is 0.229 e. The number of halogens is 3. The van der Waals surface area contributed by atoms with Crippen LogP contribution in [0.3, 0.4) is 0 Å². The second-order valence-corrected chi connectivity index (χ2v) is 5.10. The number of amides is 1. The van der Waals surface area contributed by atoms with Crippen LogP contribution in [0.5, 0.6) is 0 Å². The fourth-order valence-corrected chi connectivity index (χ4v) is 1.92. The van der Waals surface area contributed by atoms with Gasteiger partial charge in [-0.25, -0.2) is 9.37 Å². The summed E-state index contributed by atoms with van der Waals surface area (Å²) in [7, 11) is 0. The highest BCUT2D eigenvalue weighted by Gasteiger charge is 2.07. The molecule has 0 saturated heterocycles. The lowest BCUT2D eigenvalue weighted by atomic mass is 10.1. The lowest BCUT2D eigenvalue weighted by Crippen LogP contribution is -2.15. The van der Waals surface area contributed by atoms with Crippen molar-refractivity contribution in [3.05, 3.63) is 57.4 Å². The lowest BCUT2D eigenvalue weighted by Gasteiger charge is -2.05. The molecule has 19 heavy (non-hydrogen) atoms. The zero-order valence-corrected chi connectivity index (χ0v) is 12.0. The Kier molecular flexibility index (Phi) is 4.50. The molecule has 1 amide bonds. The smallest absolute Gasteiger partial charge is 0.229 e. The molecule has 6 heteroatoms. The fourth-order valence-electron chi connectivity index (χ4n) is 1.50. The summed E-state index contributed by atoms with van der Waals surface area (Å²) in [6, 6.07) is 7.51. The van der Waals surface area contributed by atoms with Gasteiger partial charge in [0.15, 0.2) is 0 Å². The van der Waals surface area contributed by atoms with Crippen LogP contribution >= 0.6 is 27.5 Å². The SMILES string of the molecule is O=C(Cc1cccc(F)c1)Nc1cc(Br)c(Cl)cn1. The normalized spacial score (nSPS) is 10.3. The standard InChI is InChI=1S/C13H9BrClFN2O/c14-10-6-12(17-7-11(10)15)18-13(19)5-8-2-1-3-9(16)4-8/h1-4,6-7H,5H2,(H,17,18,19). The van der Waals surface area contributed by atoms with Gasteiger partial charge in [-0.1, -0.05) is 23.7 Å². The number of nitrogens with one attached hydrogen (secondary N) is 1. The van der Waals surface area contributed by atoms with Gasteiger partial charge in [0.05, 0.1) is 11.4 Å². The molecule has 0 unspecified atom stereocenters. The highest BCUT2D eigenvalue weighted by molar-refractivity contribution is 9.10. The Morgan fingerprint density at radius 3 is 2.89 bits per heavy atom. The monoisotopic (exact) mass is 342 g/mol. The predicted molar refractivity (Wildman–Crippen MR) is 75.7 cm³/mol. The number of carbonyl (C=O) groups excluding carboxylic acids is 1. The molecular weight excluding hydrogens is 335 g/mol. The van der Waals surface area contributed by atoms with Crippen LogP contribution in [-0.4, -0.2) is 10.9 Å². The van der Waals surface area contributed by atoms with Crippen molar-refractivity contribution in [3.8, 4) is 0 Å². The molecule has 0 spiro atoms. The van der Waals surface area contributed by atoms with Gasteiger partial charge in [-0.2, -0.15) is 0 Å². The molecule has 1 aromatic carbocycles. The highest BCUT2D eigenvalue weighted by atomic mass is 79.9. The average molecular weight is 344 g/mol. The molecule has 0 aliphatic heterocycles. The molecule has 0 fully saturated rings. The van der Waals surface area contributed by atoms with E-state index in [2.05, 4.69) is 26.2 Å². The molecule has 1 aromatic heterocycles. The number of anilines is 1. The van der Waals surface area contributed by atoms with Gasteiger partial charge in [0.1, 0.15) is 11.6 Å². The first-order valence-electron chi connectivity index (χ1n) is 5.40. The maximum atomic E-state index is 13.0. The van der Waals surface area contributed by atoms with E-state index in [1.807, 2.05) is 0 Å². The van der Waals surface area contributed by atoms with Crippen LogP contribution in [0.2, 0.25) is 5.02 Å². The van der Waals surface area contributed by atoms with Crippen molar-refractivity contribution in [1.29, 1.82) is 0 Å². The number of benzene rings is 1. The molecule has 0 radical (unpaired) electrons. The van der Waals surface area contributed by atoms with Gasteiger partial charge < -0.3 is 5.32 Å². The topological polar surface area (TPSA) is 42.0 Å². The zero-order valence-electron chi connectivity index (χ0n) is 9.66. The van der Waals surface area contributed by atoms with Gasteiger partial charge in [0.2, 0.25) is 5.91 Å². The van der Waals surface area contributed by atoms with Crippen molar-refractivity contribution in [2.24, 2.45) is 0 Å². The minimum Gasteiger partial charge on any atom is -0.310 e. The minimum absolute atomic E-state index is 0.0830. The Morgan fingerprint density at radius 1 is 1.42 bits per heavy atom. The van der Waals surface area contributed by atoms with E-state index in [0.717, 1.165) is 0 Å². The van der Waals surface area contributed by atoms with Crippen LogP contribution in [0.15, 0.2) is 41.0 Å². The summed E-state index contributed by atoms with van der Waals surface area (Å²) in [6.07, 6.45) is 1.52.